The molecule has 0 bridgehead atoms. The Bertz CT molecular complexity index is 168. The molecule has 2 rings (SSSR count). The summed E-state index contributed by atoms with van der Waals surface area (Å²) >= 11 is 2.12. The number of thioether (sulfide) groups is 1. The summed E-state index contributed by atoms with van der Waals surface area (Å²) in [4.78, 5) is 2.71. The quantitative estimate of drug-likeness (QED) is 0.684. The van der Waals surface area contributed by atoms with Crippen molar-refractivity contribution in [2.75, 3.05) is 24.6 Å². The van der Waals surface area contributed by atoms with Gasteiger partial charge in [-0.1, -0.05) is 0 Å². The first kappa shape index (κ1) is 9.81. The van der Waals surface area contributed by atoms with Crippen molar-refractivity contribution < 1.29 is 0 Å². The molecule has 0 saturated carbocycles. The maximum atomic E-state index is 3.54. The van der Waals surface area contributed by atoms with Crippen molar-refractivity contribution in [3.8, 4) is 0 Å². The lowest BCUT2D eigenvalue weighted by atomic mass is 10.1. The molecule has 76 valence electrons. The Morgan fingerprint density at radius 2 is 2.23 bits per heavy atom. The summed E-state index contributed by atoms with van der Waals surface area (Å²) in [5.74, 6) is 2.73. The van der Waals surface area contributed by atoms with Crippen LogP contribution in [0.4, 0.5) is 0 Å². The van der Waals surface area contributed by atoms with Gasteiger partial charge >= 0.3 is 0 Å². The number of rotatable bonds is 1. The number of hydrogen-bond donors (Lipinski definition) is 1. The van der Waals surface area contributed by atoms with Crippen molar-refractivity contribution in [3.05, 3.63) is 0 Å². The predicted molar refractivity (Wildman–Crippen MR) is 59.4 cm³/mol. The summed E-state index contributed by atoms with van der Waals surface area (Å²) < 4.78 is 0. The van der Waals surface area contributed by atoms with E-state index in [-0.39, 0.29) is 0 Å². The molecule has 2 nitrogen and oxygen atoms in total. The summed E-state index contributed by atoms with van der Waals surface area (Å²) in [5.41, 5.74) is 0. The first-order valence-corrected chi connectivity index (χ1v) is 6.49. The van der Waals surface area contributed by atoms with Gasteiger partial charge in [0.2, 0.25) is 0 Å². The molecule has 2 heterocycles. The van der Waals surface area contributed by atoms with Crippen LogP contribution < -0.4 is 5.32 Å². The van der Waals surface area contributed by atoms with Crippen LogP contribution in [0.25, 0.3) is 0 Å². The van der Waals surface area contributed by atoms with Crippen molar-refractivity contribution >= 4 is 11.8 Å². The van der Waals surface area contributed by atoms with Crippen LogP contribution in [0.5, 0.6) is 0 Å². The Kier molecular flexibility index (Phi) is 3.17. The molecule has 2 saturated heterocycles. The van der Waals surface area contributed by atoms with Crippen LogP contribution in [0, 0.1) is 0 Å². The van der Waals surface area contributed by atoms with Gasteiger partial charge in [0.1, 0.15) is 0 Å². The van der Waals surface area contributed by atoms with Gasteiger partial charge in [-0.2, -0.15) is 11.8 Å². The van der Waals surface area contributed by atoms with E-state index in [4.69, 9.17) is 0 Å². The lowest BCUT2D eigenvalue weighted by Gasteiger charge is -2.41. The molecule has 0 aliphatic carbocycles. The zero-order chi connectivity index (χ0) is 9.26. The van der Waals surface area contributed by atoms with Gasteiger partial charge in [-0.15, -0.1) is 0 Å². The van der Waals surface area contributed by atoms with Crippen LogP contribution in [0.2, 0.25) is 0 Å². The van der Waals surface area contributed by atoms with E-state index in [2.05, 4.69) is 35.8 Å². The van der Waals surface area contributed by atoms with E-state index in [1.54, 1.807) is 0 Å². The maximum Gasteiger partial charge on any atom is 0.0198 e. The second kappa shape index (κ2) is 4.20. The van der Waals surface area contributed by atoms with Gasteiger partial charge in [0.15, 0.2) is 0 Å². The van der Waals surface area contributed by atoms with Gasteiger partial charge in [0.25, 0.3) is 0 Å². The molecule has 2 aliphatic heterocycles. The van der Waals surface area contributed by atoms with Crippen LogP contribution in [-0.2, 0) is 0 Å². The Hall–Kier alpha value is 0.270. The van der Waals surface area contributed by atoms with E-state index in [9.17, 15) is 0 Å². The molecule has 0 aromatic rings. The summed E-state index contributed by atoms with van der Waals surface area (Å²) in [7, 11) is 0. The SMILES string of the molecule is CC1CN(C2CCSC2)C(C)CN1. The van der Waals surface area contributed by atoms with Crippen molar-refractivity contribution in [3.63, 3.8) is 0 Å². The lowest BCUT2D eigenvalue weighted by Crippen LogP contribution is -2.57. The Morgan fingerprint density at radius 1 is 1.38 bits per heavy atom. The largest absolute Gasteiger partial charge is 0.311 e. The monoisotopic (exact) mass is 200 g/mol. The highest BCUT2D eigenvalue weighted by Crippen LogP contribution is 2.25. The topological polar surface area (TPSA) is 15.3 Å². The highest BCUT2D eigenvalue weighted by Gasteiger charge is 2.30. The minimum Gasteiger partial charge on any atom is -0.311 e. The highest BCUT2D eigenvalue weighted by molar-refractivity contribution is 7.99. The van der Waals surface area contributed by atoms with Crippen LogP contribution in [0.15, 0.2) is 0 Å². The van der Waals surface area contributed by atoms with E-state index < -0.39 is 0 Å². The molecule has 3 unspecified atom stereocenters. The van der Waals surface area contributed by atoms with Gasteiger partial charge in [0.05, 0.1) is 0 Å². The molecule has 13 heavy (non-hydrogen) atoms. The first-order chi connectivity index (χ1) is 6.27. The van der Waals surface area contributed by atoms with Crippen LogP contribution in [0.1, 0.15) is 20.3 Å². The molecular formula is C10H20N2S. The van der Waals surface area contributed by atoms with Gasteiger partial charge in [-0.3, -0.25) is 4.90 Å². The zero-order valence-electron chi connectivity index (χ0n) is 8.62. The van der Waals surface area contributed by atoms with Crippen LogP contribution >= 0.6 is 11.8 Å². The van der Waals surface area contributed by atoms with Crippen LogP contribution in [-0.4, -0.2) is 47.6 Å². The fourth-order valence-corrected chi connectivity index (χ4v) is 3.58. The third-order valence-electron chi connectivity index (χ3n) is 3.19. The minimum absolute atomic E-state index is 0.682. The van der Waals surface area contributed by atoms with Crippen LogP contribution in [0.3, 0.4) is 0 Å². The Labute approximate surface area is 85.4 Å². The number of hydrogen-bond acceptors (Lipinski definition) is 3. The van der Waals surface area contributed by atoms with Gasteiger partial charge in [-0.05, 0) is 26.0 Å². The smallest absolute Gasteiger partial charge is 0.0198 e. The molecular weight excluding hydrogens is 180 g/mol. The molecule has 0 radical (unpaired) electrons. The van der Waals surface area contributed by atoms with Gasteiger partial charge < -0.3 is 5.32 Å². The third kappa shape index (κ3) is 2.20. The zero-order valence-corrected chi connectivity index (χ0v) is 9.44. The molecule has 2 aliphatic rings. The molecule has 2 fully saturated rings. The fraction of sp³-hybridized carbons (Fsp3) is 1.00. The fourth-order valence-electron chi connectivity index (χ4n) is 2.34. The number of nitrogens with zero attached hydrogens (tertiary/aromatic N) is 1. The minimum atomic E-state index is 0.682. The predicted octanol–water partition coefficient (Wildman–Crippen LogP) is 1.17. The molecule has 0 amide bonds. The molecule has 1 N–H and O–H groups in total. The Morgan fingerprint density at radius 3 is 2.92 bits per heavy atom. The van der Waals surface area contributed by atoms with Gasteiger partial charge in [-0.25, -0.2) is 0 Å². The lowest BCUT2D eigenvalue weighted by molar-refractivity contribution is 0.107. The van der Waals surface area contributed by atoms with Crippen molar-refractivity contribution in [2.45, 2.75) is 38.4 Å². The highest BCUT2D eigenvalue weighted by atomic mass is 32.2. The summed E-state index contributed by atoms with van der Waals surface area (Å²) in [6.07, 6.45) is 1.40. The normalized spacial score (nSPS) is 42.5. The van der Waals surface area contributed by atoms with Crippen molar-refractivity contribution in [2.24, 2.45) is 0 Å². The molecule has 3 heteroatoms. The van der Waals surface area contributed by atoms with Crippen molar-refractivity contribution in [1.82, 2.24) is 10.2 Å². The van der Waals surface area contributed by atoms with E-state index in [1.165, 1.54) is 31.0 Å². The number of piperazine rings is 1. The van der Waals surface area contributed by atoms with E-state index in [1.807, 2.05) is 0 Å². The summed E-state index contributed by atoms with van der Waals surface area (Å²) in [5, 5.41) is 3.54. The third-order valence-corrected chi connectivity index (χ3v) is 4.33. The molecule has 0 spiro atoms. The van der Waals surface area contributed by atoms with E-state index in [0.29, 0.717) is 6.04 Å². The number of nitrogens with one attached hydrogen (secondary N) is 1. The van der Waals surface area contributed by atoms with Gasteiger partial charge in [0, 0.05) is 37.0 Å². The molecule has 0 aromatic heterocycles. The first-order valence-electron chi connectivity index (χ1n) is 5.34. The molecule has 3 atom stereocenters. The average Bonchev–Trinajstić information content (AvgIpc) is 2.61. The molecule has 0 aromatic carbocycles. The Balaban J connectivity index is 1.94. The maximum absolute atomic E-state index is 3.54. The van der Waals surface area contributed by atoms with E-state index >= 15 is 0 Å². The second-order valence-corrected chi connectivity index (χ2v) is 5.52. The summed E-state index contributed by atoms with van der Waals surface area (Å²) in [6.45, 7) is 7.05. The average molecular weight is 200 g/mol. The van der Waals surface area contributed by atoms with Crippen molar-refractivity contribution in [1.29, 1.82) is 0 Å². The van der Waals surface area contributed by atoms with E-state index in [0.717, 1.165) is 12.1 Å². The summed E-state index contributed by atoms with van der Waals surface area (Å²) in [6, 6.07) is 2.28. The standard InChI is InChI=1S/C10H20N2S/c1-8-6-12(9(2)5-11-8)10-3-4-13-7-10/h8-11H,3-7H2,1-2H3. The second-order valence-electron chi connectivity index (χ2n) is 4.37.